The van der Waals surface area contributed by atoms with Crippen molar-refractivity contribution in [1.82, 2.24) is 0 Å². The van der Waals surface area contributed by atoms with Crippen molar-refractivity contribution in [3.05, 3.63) is 0 Å². The second-order valence-electron chi connectivity index (χ2n) is 4.89. The van der Waals surface area contributed by atoms with E-state index in [-0.39, 0.29) is 0 Å². The summed E-state index contributed by atoms with van der Waals surface area (Å²) in [7, 11) is 0. The molecule has 0 heterocycles. The molecule has 1 heteroatoms. The molecule has 0 radical (unpaired) electrons. The van der Waals surface area contributed by atoms with Crippen LogP contribution in [0.5, 0.6) is 0 Å². The van der Waals surface area contributed by atoms with Gasteiger partial charge < -0.3 is 5.11 Å². The first kappa shape index (κ1) is 11.0. The van der Waals surface area contributed by atoms with Gasteiger partial charge in [-0.05, 0) is 43.4 Å². The van der Waals surface area contributed by atoms with Crippen LogP contribution in [-0.4, -0.2) is 11.7 Å². The van der Waals surface area contributed by atoms with Gasteiger partial charge in [0.2, 0.25) is 0 Å². The molecule has 0 bridgehead atoms. The van der Waals surface area contributed by atoms with Crippen LogP contribution in [0, 0.1) is 17.8 Å². The summed E-state index contributed by atoms with van der Waals surface area (Å²) in [6, 6.07) is 0. The Bertz CT molecular complexity index is 123. The molecule has 1 saturated carbocycles. The van der Waals surface area contributed by atoms with Crippen molar-refractivity contribution in [3.8, 4) is 0 Å². The number of hydrogen-bond donors (Lipinski definition) is 1. The third-order valence-electron chi connectivity index (χ3n) is 3.60. The van der Waals surface area contributed by atoms with Gasteiger partial charge in [-0.1, -0.05) is 26.7 Å². The van der Waals surface area contributed by atoms with E-state index in [0.29, 0.717) is 6.61 Å². The zero-order valence-corrected chi connectivity index (χ0v) is 9.13. The molecule has 78 valence electrons. The average molecular weight is 184 g/mol. The summed E-state index contributed by atoms with van der Waals surface area (Å²) in [6.45, 7) is 5.07. The van der Waals surface area contributed by atoms with E-state index in [0.717, 1.165) is 24.2 Å². The molecule has 0 aromatic rings. The van der Waals surface area contributed by atoms with E-state index in [9.17, 15) is 0 Å². The minimum atomic E-state index is 0.379. The fourth-order valence-electron chi connectivity index (χ4n) is 2.52. The van der Waals surface area contributed by atoms with Gasteiger partial charge in [0.05, 0.1) is 0 Å². The molecular formula is C12H24O. The summed E-state index contributed by atoms with van der Waals surface area (Å²) in [6.07, 6.45) is 7.92. The summed E-state index contributed by atoms with van der Waals surface area (Å²) >= 11 is 0. The van der Waals surface area contributed by atoms with E-state index < -0.39 is 0 Å². The lowest BCUT2D eigenvalue weighted by Crippen LogP contribution is -2.18. The lowest BCUT2D eigenvalue weighted by atomic mass is 9.76. The van der Waals surface area contributed by atoms with Gasteiger partial charge in [-0.3, -0.25) is 0 Å². The molecule has 1 N–H and O–H groups in total. The molecule has 1 aliphatic carbocycles. The van der Waals surface area contributed by atoms with Crippen LogP contribution in [0.25, 0.3) is 0 Å². The Hall–Kier alpha value is -0.0400. The number of aliphatic hydroxyl groups is 1. The average Bonchev–Trinajstić information content (AvgIpc) is 2.15. The third-order valence-corrected chi connectivity index (χ3v) is 3.60. The van der Waals surface area contributed by atoms with Crippen molar-refractivity contribution in [2.24, 2.45) is 17.8 Å². The molecule has 1 rings (SSSR count). The topological polar surface area (TPSA) is 20.2 Å². The summed E-state index contributed by atoms with van der Waals surface area (Å²) in [5, 5.41) is 8.74. The fourth-order valence-corrected chi connectivity index (χ4v) is 2.52. The number of rotatable bonds is 4. The maximum atomic E-state index is 8.74. The van der Waals surface area contributed by atoms with Crippen molar-refractivity contribution in [3.63, 3.8) is 0 Å². The Morgan fingerprint density at radius 1 is 1.15 bits per heavy atom. The van der Waals surface area contributed by atoms with E-state index in [1.807, 2.05) is 0 Å². The maximum Gasteiger partial charge on any atom is 0.0431 e. The van der Waals surface area contributed by atoms with Crippen LogP contribution in [0.15, 0.2) is 0 Å². The Morgan fingerprint density at radius 2 is 1.77 bits per heavy atom. The van der Waals surface area contributed by atoms with Crippen LogP contribution in [0.4, 0.5) is 0 Å². The molecule has 0 atom stereocenters. The van der Waals surface area contributed by atoms with Gasteiger partial charge in [0, 0.05) is 6.61 Å². The Balaban J connectivity index is 2.15. The molecule has 13 heavy (non-hydrogen) atoms. The second-order valence-corrected chi connectivity index (χ2v) is 4.89. The highest BCUT2D eigenvalue weighted by molar-refractivity contribution is 4.74. The van der Waals surface area contributed by atoms with Gasteiger partial charge in [-0.25, -0.2) is 0 Å². The molecule has 0 unspecified atom stereocenters. The zero-order chi connectivity index (χ0) is 9.68. The molecule has 0 aromatic heterocycles. The highest BCUT2D eigenvalue weighted by Crippen LogP contribution is 2.34. The molecule has 1 fully saturated rings. The van der Waals surface area contributed by atoms with E-state index in [1.165, 1.54) is 32.1 Å². The second kappa shape index (κ2) is 5.64. The molecule has 0 saturated heterocycles. The van der Waals surface area contributed by atoms with Crippen molar-refractivity contribution >= 4 is 0 Å². The minimum absolute atomic E-state index is 0.379. The Labute approximate surface area is 82.5 Å². The Morgan fingerprint density at radius 3 is 2.23 bits per heavy atom. The highest BCUT2D eigenvalue weighted by Gasteiger charge is 2.22. The first-order chi connectivity index (χ1) is 6.24. The largest absolute Gasteiger partial charge is 0.396 e. The predicted molar refractivity (Wildman–Crippen MR) is 56.6 cm³/mol. The number of hydrogen-bond acceptors (Lipinski definition) is 1. The van der Waals surface area contributed by atoms with Crippen LogP contribution in [-0.2, 0) is 0 Å². The smallest absolute Gasteiger partial charge is 0.0431 e. The summed E-state index contributed by atoms with van der Waals surface area (Å²) < 4.78 is 0. The van der Waals surface area contributed by atoms with Crippen molar-refractivity contribution in [2.75, 3.05) is 6.61 Å². The standard InChI is InChI=1S/C12H24O/c1-10(2)12-7-5-11(6-8-12)4-3-9-13/h10-13H,3-9H2,1-2H3. The first-order valence-electron chi connectivity index (χ1n) is 5.85. The maximum absolute atomic E-state index is 8.74. The van der Waals surface area contributed by atoms with E-state index in [4.69, 9.17) is 5.11 Å². The summed E-state index contributed by atoms with van der Waals surface area (Å²) in [4.78, 5) is 0. The minimum Gasteiger partial charge on any atom is -0.396 e. The Kier molecular flexibility index (Phi) is 4.79. The summed E-state index contributed by atoms with van der Waals surface area (Å²) in [5.41, 5.74) is 0. The molecule has 0 aromatic carbocycles. The lowest BCUT2D eigenvalue weighted by Gasteiger charge is -2.30. The number of aliphatic hydroxyl groups excluding tert-OH is 1. The molecular weight excluding hydrogens is 160 g/mol. The van der Waals surface area contributed by atoms with Crippen molar-refractivity contribution in [1.29, 1.82) is 0 Å². The van der Waals surface area contributed by atoms with Crippen LogP contribution in [0.3, 0.4) is 0 Å². The normalized spacial score (nSPS) is 29.5. The van der Waals surface area contributed by atoms with Crippen molar-refractivity contribution < 1.29 is 5.11 Å². The summed E-state index contributed by atoms with van der Waals surface area (Å²) in [5.74, 6) is 2.77. The van der Waals surface area contributed by atoms with E-state index in [1.54, 1.807) is 0 Å². The lowest BCUT2D eigenvalue weighted by molar-refractivity contribution is 0.200. The monoisotopic (exact) mass is 184 g/mol. The zero-order valence-electron chi connectivity index (χ0n) is 9.13. The van der Waals surface area contributed by atoms with Crippen LogP contribution in [0.1, 0.15) is 52.4 Å². The van der Waals surface area contributed by atoms with Gasteiger partial charge in [0.25, 0.3) is 0 Å². The molecule has 0 spiro atoms. The molecule has 1 nitrogen and oxygen atoms in total. The van der Waals surface area contributed by atoms with Gasteiger partial charge in [-0.15, -0.1) is 0 Å². The predicted octanol–water partition coefficient (Wildman–Crippen LogP) is 3.22. The molecule has 0 amide bonds. The van der Waals surface area contributed by atoms with E-state index in [2.05, 4.69) is 13.8 Å². The van der Waals surface area contributed by atoms with Gasteiger partial charge in [-0.2, -0.15) is 0 Å². The van der Waals surface area contributed by atoms with Gasteiger partial charge >= 0.3 is 0 Å². The van der Waals surface area contributed by atoms with Crippen molar-refractivity contribution in [2.45, 2.75) is 52.4 Å². The molecule has 1 aliphatic rings. The van der Waals surface area contributed by atoms with Crippen LogP contribution < -0.4 is 0 Å². The highest BCUT2D eigenvalue weighted by atomic mass is 16.2. The fraction of sp³-hybridized carbons (Fsp3) is 1.00. The van der Waals surface area contributed by atoms with E-state index >= 15 is 0 Å². The van der Waals surface area contributed by atoms with Gasteiger partial charge in [0.15, 0.2) is 0 Å². The first-order valence-corrected chi connectivity index (χ1v) is 5.85. The molecule has 0 aliphatic heterocycles. The van der Waals surface area contributed by atoms with Crippen LogP contribution >= 0.6 is 0 Å². The quantitative estimate of drug-likeness (QED) is 0.711. The third kappa shape index (κ3) is 3.68. The van der Waals surface area contributed by atoms with Crippen LogP contribution in [0.2, 0.25) is 0 Å². The SMILES string of the molecule is CC(C)C1CCC(CCCO)CC1. The van der Waals surface area contributed by atoms with Gasteiger partial charge in [0.1, 0.15) is 0 Å².